The Morgan fingerprint density at radius 3 is 2.64 bits per heavy atom. The molecule has 1 saturated heterocycles. The summed E-state index contributed by atoms with van der Waals surface area (Å²) in [5.74, 6) is 1.54. The molecule has 2 N–H and O–H groups in total. The molecule has 0 spiro atoms. The SMILES string of the molecule is CC(c1ccc(F)cc1)N1CCN(c2cc(Oc3cccc4c3NCC(=O)N4)ncn2)CC1. The van der Waals surface area contributed by atoms with Gasteiger partial charge in [-0.1, -0.05) is 18.2 Å². The van der Waals surface area contributed by atoms with Crippen molar-refractivity contribution in [2.45, 2.75) is 13.0 Å². The number of piperazine rings is 1. The zero-order valence-electron chi connectivity index (χ0n) is 18.3. The lowest BCUT2D eigenvalue weighted by molar-refractivity contribution is -0.114. The standard InChI is InChI=1S/C24H25FN6O2/c1-16(17-5-7-18(25)8-6-17)30-9-11-31(12-10-30)21-13-23(28-15-27-21)33-20-4-2-3-19-24(20)26-14-22(32)29-19/h2-8,13,15-16,26H,9-12,14H2,1H3,(H,29,32). The van der Waals surface area contributed by atoms with E-state index in [2.05, 4.69) is 37.3 Å². The fraction of sp³-hybridized carbons (Fsp3) is 0.292. The lowest BCUT2D eigenvalue weighted by atomic mass is 10.1. The molecule has 1 aromatic heterocycles. The van der Waals surface area contributed by atoms with E-state index in [0.717, 1.165) is 43.2 Å². The zero-order chi connectivity index (χ0) is 22.8. The van der Waals surface area contributed by atoms with Gasteiger partial charge in [0.25, 0.3) is 0 Å². The van der Waals surface area contributed by atoms with E-state index < -0.39 is 0 Å². The minimum Gasteiger partial charge on any atom is -0.437 e. The molecule has 5 rings (SSSR count). The van der Waals surface area contributed by atoms with E-state index in [1.54, 1.807) is 0 Å². The maximum Gasteiger partial charge on any atom is 0.243 e. The van der Waals surface area contributed by atoms with Crippen molar-refractivity contribution in [3.8, 4) is 11.6 Å². The highest BCUT2D eigenvalue weighted by molar-refractivity contribution is 6.01. The number of amides is 1. The minimum atomic E-state index is -0.214. The average Bonchev–Trinajstić information content (AvgIpc) is 2.84. The van der Waals surface area contributed by atoms with Gasteiger partial charge in [0, 0.05) is 38.3 Å². The lowest BCUT2D eigenvalue weighted by Crippen LogP contribution is -2.47. The predicted octanol–water partition coefficient (Wildman–Crippen LogP) is 3.66. The van der Waals surface area contributed by atoms with E-state index >= 15 is 0 Å². The summed E-state index contributed by atoms with van der Waals surface area (Å²) >= 11 is 0. The Bertz CT molecular complexity index is 1150. The van der Waals surface area contributed by atoms with Crippen molar-refractivity contribution in [2.24, 2.45) is 0 Å². The van der Waals surface area contributed by atoms with Gasteiger partial charge in [0.2, 0.25) is 11.8 Å². The summed E-state index contributed by atoms with van der Waals surface area (Å²) in [6.07, 6.45) is 1.50. The van der Waals surface area contributed by atoms with Crippen LogP contribution in [0.4, 0.5) is 21.6 Å². The number of nitrogens with one attached hydrogen (secondary N) is 2. The summed E-state index contributed by atoms with van der Waals surface area (Å²) in [5, 5.41) is 5.93. The fourth-order valence-electron chi connectivity index (χ4n) is 4.23. The second-order valence-electron chi connectivity index (χ2n) is 8.15. The summed E-state index contributed by atoms with van der Waals surface area (Å²) in [4.78, 5) is 24.9. The molecule has 1 atom stereocenters. The van der Waals surface area contributed by atoms with Crippen molar-refractivity contribution >= 4 is 23.1 Å². The van der Waals surface area contributed by atoms with Gasteiger partial charge in [0.1, 0.15) is 23.6 Å². The van der Waals surface area contributed by atoms with Gasteiger partial charge in [-0.05, 0) is 36.8 Å². The van der Waals surface area contributed by atoms with E-state index in [9.17, 15) is 9.18 Å². The van der Waals surface area contributed by atoms with Crippen LogP contribution in [0.15, 0.2) is 54.9 Å². The first-order valence-corrected chi connectivity index (χ1v) is 11.0. The molecule has 8 nitrogen and oxygen atoms in total. The number of para-hydroxylation sites is 1. The number of carbonyl (C=O) groups is 1. The first kappa shape index (κ1) is 21.1. The molecule has 2 aromatic carbocycles. The number of hydrogen-bond donors (Lipinski definition) is 2. The molecule has 170 valence electrons. The van der Waals surface area contributed by atoms with Crippen LogP contribution in [0.25, 0.3) is 0 Å². The van der Waals surface area contributed by atoms with Gasteiger partial charge in [-0.15, -0.1) is 0 Å². The Kier molecular flexibility index (Phi) is 5.78. The summed E-state index contributed by atoms with van der Waals surface area (Å²) in [6, 6.07) is 14.3. The van der Waals surface area contributed by atoms with E-state index in [1.165, 1.54) is 18.5 Å². The Labute approximate surface area is 191 Å². The molecule has 3 aromatic rings. The lowest BCUT2D eigenvalue weighted by Gasteiger charge is -2.38. The van der Waals surface area contributed by atoms with Crippen molar-refractivity contribution in [1.29, 1.82) is 0 Å². The van der Waals surface area contributed by atoms with Gasteiger partial charge in [0.05, 0.1) is 12.2 Å². The van der Waals surface area contributed by atoms with E-state index in [0.29, 0.717) is 17.3 Å². The van der Waals surface area contributed by atoms with Gasteiger partial charge in [-0.2, -0.15) is 0 Å². The van der Waals surface area contributed by atoms with Crippen LogP contribution in [-0.2, 0) is 4.79 Å². The topological polar surface area (TPSA) is 82.6 Å². The van der Waals surface area contributed by atoms with Crippen LogP contribution in [0.3, 0.4) is 0 Å². The highest BCUT2D eigenvalue weighted by Gasteiger charge is 2.24. The number of hydrogen-bond acceptors (Lipinski definition) is 7. The van der Waals surface area contributed by atoms with Gasteiger partial charge in [0.15, 0.2) is 5.75 Å². The van der Waals surface area contributed by atoms with Crippen LogP contribution in [0.2, 0.25) is 0 Å². The molecule has 0 radical (unpaired) electrons. The molecule has 9 heteroatoms. The molecular weight excluding hydrogens is 423 g/mol. The number of rotatable bonds is 5. The molecule has 3 heterocycles. The minimum absolute atomic E-state index is 0.0862. The van der Waals surface area contributed by atoms with Gasteiger partial charge in [-0.25, -0.2) is 14.4 Å². The van der Waals surface area contributed by atoms with Crippen molar-refractivity contribution in [2.75, 3.05) is 48.3 Å². The largest absolute Gasteiger partial charge is 0.437 e. The monoisotopic (exact) mass is 448 g/mol. The quantitative estimate of drug-likeness (QED) is 0.616. The average molecular weight is 449 g/mol. The molecule has 0 bridgehead atoms. The number of fused-ring (bicyclic) bond motifs is 1. The van der Waals surface area contributed by atoms with Crippen LogP contribution in [0.1, 0.15) is 18.5 Å². The van der Waals surface area contributed by atoms with E-state index in [4.69, 9.17) is 4.74 Å². The molecule has 1 amide bonds. The zero-order valence-corrected chi connectivity index (χ0v) is 18.3. The number of nitrogens with zero attached hydrogens (tertiary/aromatic N) is 4. The molecule has 0 aliphatic carbocycles. The Balaban J connectivity index is 1.25. The van der Waals surface area contributed by atoms with Crippen molar-refractivity contribution in [3.63, 3.8) is 0 Å². The maximum absolute atomic E-state index is 13.2. The van der Waals surface area contributed by atoms with Crippen LogP contribution in [0, 0.1) is 5.82 Å². The maximum atomic E-state index is 13.2. The molecule has 1 unspecified atom stereocenters. The first-order chi connectivity index (χ1) is 16.1. The number of halogens is 1. The van der Waals surface area contributed by atoms with Crippen molar-refractivity contribution < 1.29 is 13.9 Å². The normalized spacial score (nSPS) is 17.0. The van der Waals surface area contributed by atoms with Crippen LogP contribution in [-0.4, -0.2) is 53.5 Å². The highest BCUT2D eigenvalue weighted by atomic mass is 19.1. The summed E-state index contributed by atoms with van der Waals surface area (Å²) in [7, 11) is 0. The van der Waals surface area contributed by atoms with Gasteiger partial charge in [-0.3, -0.25) is 9.69 Å². The van der Waals surface area contributed by atoms with Crippen molar-refractivity contribution in [3.05, 3.63) is 66.2 Å². The smallest absolute Gasteiger partial charge is 0.243 e. The molecule has 33 heavy (non-hydrogen) atoms. The number of ether oxygens (including phenoxy) is 1. The van der Waals surface area contributed by atoms with Crippen LogP contribution < -0.4 is 20.3 Å². The van der Waals surface area contributed by atoms with Crippen LogP contribution >= 0.6 is 0 Å². The predicted molar refractivity (Wildman–Crippen MR) is 124 cm³/mol. The van der Waals surface area contributed by atoms with Gasteiger partial charge < -0.3 is 20.3 Å². The second kappa shape index (κ2) is 9.03. The fourth-order valence-corrected chi connectivity index (χ4v) is 4.23. The molecule has 2 aliphatic rings. The highest BCUT2D eigenvalue weighted by Crippen LogP contribution is 2.37. The summed E-state index contributed by atoms with van der Waals surface area (Å²) < 4.78 is 19.3. The Morgan fingerprint density at radius 2 is 1.85 bits per heavy atom. The third-order valence-corrected chi connectivity index (χ3v) is 6.11. The molecule has 1 fully saturated rings. The van der Waals surface area contributed by atoms with Crippen molar-refractivity contribution in [1.82, 2.24) is 14.9 Å². The summed E-state index contributed by atoms with van der Waals surface area (Å²) in [6.45, 7) is 5.72. The third kappa shape index (κ3) is 4.58. The number of carbonyl (C=O) groups excluding carboxylic acids is 1. The number of aromatic nitrogens is 2. The molecule has 0 saturated carbocycles. The van der Waals surface area contributed by atoms with E-state index in [1.807, 2.05) is 36.4 Å². The summed E-state index contributed by atoms with van der Waals surface area (Å²) in [5.41, 5.74) is 2.53. The Morgan fingerprint density at radius 1 is 1.06 bits per heavy atom. The Hall–Kier alpha value is -3.72. The van der Waals surface area contributed by atoms with Crippen LogP contribution in [0.5, 0.6) is 11.6 Å². The van der Waals surface area contributed by atoms with E-state index in [-0.39, 0.29) is 24.3 Å². The third-order valence-electron chi connectivity index (χ3n) is 6.11. The number of benzene rings is 2. The van der Waals surface area contributed by atoms with Gasteiger partial charge >= 0.3 is 0 Å². The molecular formula is C24H25FN6O2. The first-order valence-electron chi connectivity index (χ1n) is 11.0. The number of anilines is 3. The second-order valence-corrected chi connectivity index (χ2v) is 8.15. The molecule has 2 aliphatic heterocycles.